The van der Waals surface area contributed by atoms with Crippen molar-refractivity contribution >= 4 is 38.5 Å². The van der Waals surface area contributed by atoms with E-state index in [2.05, 4.69) is 10.3 Å². The number of fused-ring (bicyclic) bond motifs is 1. The highest BCUT2D eigenvalue weighted by molar-refractivity contribution is 7.22. The molecule has 0 aliphatic carbocycles. The van der Waals surface area contributed by atoms with Crippen LogP contribution in [0, 0.1) is 0 Å². The molecule has 2 rings (SSSR count). The first-order chi connectivity index (χ1) is 9.92. The molecule has 1 atom stereocenters. The number of nitrogens with one attached hydrogen (secondary N) is 1. The van der Waals surface area contributed by atoms with Crippen molar-refractivity contribution < 1.29 is 9.59 Å². The lowest BCUT2D eigenvalue weighted by molar-refractivity contribution is -0.131. The maximum Gasteiger partial charge on any atom is 0.251 e. The molecule has 21 heavy (non-hydrogen) atoms. The van der Waals surface area contributed by atoms with E-state index in [-0.39, 0.29) is 11.8 Å². The Morgan fingerprint density at radius 3 is 2.86 bits per heavy atom. The third-order valence-electron chi connectivity index (χ3n) is 3.24. The maximum absolute atomic E-state index is 12.2. The van der Waals surface area contributed by atoms with Crippen LogP contribution in [0.15, 0.2) is 18.2 Å². The molecule has 0 spiro atoms. The number of nitrogens with zero attached hydrogens (tertiary/aromatic N) is 2. The largest absolute Gasteiger partial charge is 0.375 e. The van der Waals surface area contributed by atoms with Gasteiger partial charge in [-0.1, -0.05) is 11.3 Å². The van der Waals surface area contributed by atoms with Crippen LogP contribution in [0.2, 0.25) is 0 Å². The van der Waals surface area contributed by atoms with Crippen LogP contribution >= 0.6 is 11.3 Å². The second kappa shape index (κ2) is 6.09. The van der Waals surface area contributed by atoms with E-state index in [0.29, 0.717) is 17.2 Å². The van der Waals surface area contributed by atoms with E-state index in [4.69, 9.17) is 5.73 Å². The number of benzene rings is 1. The minimum Gasteiger partial charge on any atom is -0.375 e. The SMILES string of the molecule is CCN(C)C(=O)C(C)NC(=O)c1ccc2nc(N)sc2c1. The van der Waals surface area contributed by atoms with E-state index in [9.17, 15) is 9.59 Å². The smallest absolute Gasteiger partial charge is 0.251 e. The summed E-state index contributed by atoms with van der Waals surface area (Å²) in [4.78, 5) is 29.8. The monoisotopic (exact) mass is 306 g/mol. The van der Waals surface area contributed by atoms with Crippen LogP contribution in [0.1, 0.15) is 24.2 Å². The summed E-state index contributed by atoms with van der Waals surface area (Å²) in [5.41, 5.74) is 6.90. The molecule has 0 saturated heterocycles. The van der Waals surface area contributed by atoms with Gasteiger partial charge in [-0.05, 0) is 32.0 Å². The van der Waals surface area contributed by atoms with E-state index in [1.165, 1.54) is 11.3 Å². The van der Waals surface area contributed by atoms with Crippen LogP contribution in [-0.2, 0) is 4.79 Å². The van der Waals surface area contributed by atoms with Crippen molar-refractivity contribution in [2.45, 2.75) is 19.9 Å². The molecule has 0 aliphatic heterocycles. The molecule has 2 amide bonds. The molecule has 0 aliphatic rings. The number of nitrogens with two attached hydrogens (primary N) is 1. The minimum absolute atomic E-state index is 0.117. The normalized spacial score (nSPS) is 12.1. The highest BCUT2D eigenvalue weighted by Gasteiger charge is 2.19. The summed E-state index contributed by atoms with van der Waals surface area (Å²) in [6, 6.07) is 4.60. The third kappa shape index (κ3) is 3.30. The van der Waals surface area contributed by atoms with Crippen molar-refractivity contribution in [3.63, 3.8) is 0 Å². The first-order valence-electron chi connectivity index (χ1n) is 6.64. The molecule has 3 N–H and O–H groups in total. The Labute approximate surface area is 127 Å². The molecule has 0 saturated carbocycles. The highest BCUT2D eigenvalue weighted by atomic mass is 32.1. The maximum atomic E-state index is 12.2. The fourth-order valence-electron chi connectivity index (χ4n) is 1.91. The predicted molar refractivity (Wildman–Crippen MR) is 84.3 cm³/mol. The number of nitrogen functional groups attached to an aromatic ring is 1. The molecule has 0 radical (unpaired) electrons. The van der Waals surface area contributed by atoms with Gasteiger partial charge in [-0.25, -0.2) is 4.98 Å². The lowest BCUT2D eigenvalue weighted by Crippen LogP contribution is -2.45. The van der Waals surface area contributed by atoms with E-state index in [1.54, 1.807) is 37.1 Å². The van der Waals surface area contributed by atoms with Crippen molar-refractivity contribution in [2.24, 2.45) is 0 Å². The number of hydrogen-bond acceptors (Lipinski definition) is 5. The van der Waals surface area contributed by atoms with Crippen LogP contribution < -0.4 is 11.1 Å². The van der Waals surface area contributed by atoms with Crippen LogP contribution in [0.3, 0.4) is 0 Å². The fourth-order valence-corrected chi connectivity index (χ4v) is 2.69. The average Bonchev–Trinajstić information content (AvgIpc) is 2.84. The number of aromatic nitrogens is 1. The second-order valence-electron chi connectivity index (χ2n) is 4.78. The molecule has 0 bridgehead atoms. The summed E-state index contributed by atoms with van der Waals surface area (Å²) in [6.07, 6.45) is 0. The van der Waals surface area contributed by atoms with Crippen molar-refractivity contribution in [2.75, 3.05) is 19.3 Å². The Morgan fingerprint density at radius 2 is 2.19 bits per heavy atom. The highest BCUT2D eigenvalue weighted by Crippen LogP contribution is 2.24. The Kier molecular flexibility index (Phi) is 4.42. The number of rotatable bonds is 4. The lowest BCUT2D eigenvalue weighted by Gasteiger charge is -2.20. The molecule has 112 valence electrons. The van der Waals surface area contributed by atoms with E-state index in [1.807, 2.05) is 6.92 Å². The summed E-state index contributed by atoms with van der Waals surface area (Å²) in [5, 5.41) is 3.17. The molecule has 1 aromatic heterocycles. The first kappa shape index (κ1) is 15.2. The number of anilines is 1. The quantitative estimate of drug-likeness (QED) is 0.895. The van der Waals surface area contributed by atoms with Crippen LogP contribution in [0.5, 0.6) is 0 Å². The predicted octanol–water partition coefficient (Wildman–Crippen LogP) is 1.48. The molecular formula is C14H18N4O2S. The number of likely N-dealkylation sites (N-methyl/N-ethyl adjacent to an activating group) is 1. The number of carbonyl (C=O) groups is 2. The summed E-state index contributed by atoms with van der Waals surface area (Å²) in [6.45, 7) is 4.16. The van der Waals surface area contributed by atoms with Gasteiger partial charge in [0.1, 0.15) is 6.04 Å². The van der Waals surface area contributed by atoms with Gasteiger partial charge in [-0.3, -0.25) is 9.59 Å². The second-order valence-corrected chi connectivity index (χ2v) is 5.84. The summed E-state index contributed by atoms with van der Waals surface area (Å²) < 4.78 is 0.852. The van der Waals surface area contributed by atoms with Gasteiger partial charge in [-0.2, -0.15) is 0 Å². The summed E-state index contributed by atoms with van der Waals surface area (Å²) in [7, 11) is 1.71. The van der Waals surface area contributed by atoms with Crippen LogP contribution in [0.25, 0.3) is 10.2 Å². The van der Waals surface area contributed by atoms with E-state index < -0.39 is 6.04 Å². The molecule has 2 aromatic rings. The van der Waals surface area contributed by atoms with E-state index in [0.717, 1.165) is 10.2 Å². The molecule has 1 aromatic carbocycles. The van der Waals surface area contributed by atoms with Gasteiger partial charge in [0.2, 0.25) is 5.91 Å². The lowest BCUT2D eigenvalue weighted by atomic mass is 10.2. The van der Waals surface area contributed by atoms with E-state index >= 15 is 0 Å². The van der Waals surface area contributed by atoms with Gasteiger partial charge in [0.15, 0.2) is 5.13 Å². The third-order valence-corrected chi connectivity index (χ3v) is 4.08. The molecular weight excluding hydrogens is 288 g/mol. The average molecular weight is 306 g/mol. The standard InChI is InChI=1S/C14H18N4O2S/c1-4-18(3)13(20)8(2)16-12(19)9-5-6-10-11(7-9)21-14(15)17-10/h5-8H,4H2,1-3H3,(H2,15,17)(H,16,19). The number of carbonyl (C=O) groups excluding carboxylic acids is 2. The zero-order chi connectivity index (χ0) is 15.6. The first-order valence-corrected chi connectivity index (χ1v) is 7.46. The zero-order valence-electron chi connectivity index (χ0n) is 12.2. The van der Waals surface area contributed by atoms with Gasteiger partial charge < -0.3 is 16.0 Å². The van der Waals surface area contributed by atoms with Crippen molar-refractivity contribution in [3.8, 4) is 0 Å². The summed E-state index contributed by atoms with van der Waals surface area (Å²) >= 11 is 1.33. The Morgan fingerprint density at radius 1 is 1.48 bits per heavy atom. The van der Waals surface area contributed by atoms with Gasteiger partial charge in [0.25, 0.3) is 5.91 Å². The molecule has 7 heteroatoms. The zero-order valence-corrected chi connectivity index (χ0v) is 13.0. The number of hydrogen-bond donors (Lipinski definition) is 2. The molecule has 1 heterocycles. The topological polar surface area (TPSA) is 88.3 Å². The van der Waals surface area contributed by atoms with Gasteiger partial charge in [0.05, 0.1) is 10.2 Å². The molecule has 1 unspecified atom stereocenters. The molecule has 6 nitrogen and oxygen atoms in total. The van der Waals surface area contributed by atoms with Crippen molar-refractivity contribution in [1.82, 2.24) is 15.2 Å². The van der Waals surface area contributed by atoms with Crippen LogP contribution in [0.4, 0.5) is 5.13 Å². The number of amides is 2. The minimum atomic E-state index is -0.565. The number of thiazole rings is 1. The molecule has 0 fully saturated rings. The van der Waals surface area contributed by atoms with Gasteiger partial charge in [0, 0.05) is 19.2 Å². The van der Waals surface area contributed by atoms with Crippen molar-refractivity contribution in [3.05, 3.63) is 23.8 Å². The van der Waals surface area contributed by atoms with Gasteiger partial charge in [-0.15, -0.1) is 0 Å². The van der Waals surface area contributed by atoms with Crippen LogP contribution in [-0.4, -0.2) is 41.3 Å². The Balaban J connectivity index is 2.13. The van der Waals surface area contributed by atoms with Gasteiger partial charge >= 0.3 is 0 Å². The Bertz CT molecular complexity index is 683. The Hall–Kier alpha value is -2.15. The van der Waals surface area contributed by atoms with Crippen molar-refractivity contribution in [1.29, 1.82) is 0 Å². The summed E-state index contributed by atoms with van der Waals surface area (Å²) in [5.74, 6) is -0.400. The fraction of sp³-hybridized carbons (Fsp3) is 0.357.